The fourth-order valence-electron chi connectivity index (χ4n) is 1.97. The van der Waals surface area contributed by atoms with Crippen LogP contribution in [-0.4, -0.2) is 6.79 Å². The van der Waals surface area contributed by atoms with E-state index in [4.69, 9.17) is 9.47 Å². The highest BCUT2D eigenvalue weighted by atomic mass is 127. The van der Waals surface area contributed by atoms with E-state index in [2.05, 4.69) is 28.7 Å². The van der Waals surface area contributed by atoms with Crippen molar-refractivity contribution in [1.82, 2.24) is 0 Å². The van der Waals surface area contributed by atoms with Crippen molar-refractivity contribution in [2.75, 3.05) is 6.79 Å². The molecular weight excluding hydrogens is 365 g/mol. The number of fused-ring (bicyclic) bond motifs is 1. The molecule has 0 unspecified atom stereocenters. The summed E-state index contributed by atoms with van der Waals surface area (Å²) < 4.78 is 11.8. The summed E-state index contributed by atoms with van der Waals surface area (Å²) in [6.45, 7) is 0.238. The van der Waals surface area contributed by atoms with Crippen LogP contribution in [0.4, 0.5) is 0 Å². The van der Waals surface area contributed by atoms with Gasteiger partial charge in [0.2, 0.25) is 6.79 Å². The Kier molecular flexibility index (Phi) is 3.61. The van der Waals surface area contributed by atoms with Crippen LogP contribution in [0.25, 0.3) is 11.6 Å². The zero-order valence-electron chi connectivity index (χ0n) is 10.5. The molecule has 0 amide bonds. The Balaban J connectivity index is 1.98. The molecule has 2 aromatic rings. The predicted molar refractivity (Wildman–Crippen MR) is 85.2 cm³/mol. The average molecular weight is 375 g/mol. The van der Waals surface area contributed by atoms with Crippen LogP contribution >= 0.6 is 22.6 Å². The molecule has 0 atom stereocenters. The van der Waals surface area contributed by atoms with E-state index in [1.165, 1.54) is 3.57 Å². The SMILES string of the molecule is N#C/C(=C/c1ccc(I)cc1)c1ccc2c(c1)OCO2. The van der Waals surface area contributed by atoms with Crippen molar-refractivity contribution in [3.8, 4) is 17.6 Å². The van der Waals surface area contributed by atoms with E-state index < -0.39 is 0 Å². The Morgan fingerprint density at radius 1 is 1.10 bits per heavy atom. The fourth-order valence-corrected chi connectivity index (χ4v) is 2.33. The Labute approximate surface area is 130 Å². The number of hydrogen-bond acceptors (Lipinski definition) is 3. The minimum atomic E-state index is 0.238. The number of allylic oxidation sites excluding steroid dienone is 1. The Morgan fingerprint density at radius 3 is 2.60 bits per heavy atom. The molecule has 0 bridgehead atoms. The van der Waals surface area contributed by atoms with Crippen molar-refractivity contribution in [3.63, 3.8) is 0 Å². The van der Waals surface area contributed by atoms with Crippen LogP contribution in [-0.2, 0) is 0 Å². The number of nitrogens with zero attached hydrogens (tertiary/aromatic N) is 1. The monoisotopic (exact) mass is 375 g/mol. The van der Waals surface area contributed by atoms with Crippen LogP contribution in [0.1, 0.15) is 11.1 Å². The summed E-state index contributed by atoms with van der Waals surface area (Å²) in [4.78, 5) is 0. The van der Waals surface area contributed by atoms with Crippen molar-refractivity contribution < 1.29 is 9.47 Å². The number of hydrogen-bond donors (Lipinski definition) is 0. The highest BCUT2D eigenvalue weighted by molar-refractivity contribution is 14.1. The van der Waals surface area contributed by atoms with Gasteiger partial charge in [0.25, 0.3) is 0 Å². The third kappa shape index (κ3) is 2.63. The second-order valence-corrected chi connectivity index (χ2v) is 5.54. The van der Waals surface area contributed by atoms with E-state index in [1.54, 1.807) is 0 Å². The summed E-state index contributed by atoms with van der Waals surface area (Å²) in [6.07, 6.45) is 1.87. The maximum Gasteiger partial charge on any atom is 0.231 e. The van der Waals surface area contributed by atoms with Crippen molar-refractivity contribution >= 4 is 34.2 Å². The second kappa shape index (κ2) is 5.55. The van der Waals surface area contributed by atoms with E-state index in [9.17, 15) is 5.26 Å². The first kappa shape index (κ1) is 13.0. The lowest BCUT2D eigenvalue weighted by molar-refractivity contribution is 0.174. The van der Waals surface area contributed by atoms with Gasteiger partial charge in [-0.3, -0.25) is 0 Å². The van der Waals surface area contributed by atoms with Gasteiger partial charge in [-0.05, 0) is 70.1 Å². The van der Waals surface area contributed by atoms with Crippen LogP contribution in [0, 0.1) is 14.9 Å². The van der Waals surface area contributed by atoms with Gasteiger partial charge in [-0.2, -0.15) is 5.26 Å². The quantitative estimate of drug-likeness (QED) is 0.451. The molecule has 0 saturated heterocycles. The van der Waals surface area contributed by atoms with Gasteiger partial charge in [0.15, 0.2) is 11.5 Å². The molecule has 0 radical (unpaired) electrons. The first-order valence-electron chi connectivity index (χ1n) is 6.03. The number of halogens is 1. The van der Waals surface area contributed by atoms with Gasteiger partial charge in [0.05, 0.1) is 11.6 Å². The summed E-state index contributed by atoms with van der Waals surface area (Å²) in [7, 11) is 0. The van der Waals surface area contributed by atoms with Crippen LogP contribution in [0.15, 0.2) is 42.5 Å². The minimum absolute atomic E-state index is 0.238. The highest BCUT2D eigenvalue weighted by Gasteiger charge is 2.14. The van der Waals surface area contributed by atoms with Gasteiger partial charge in [-0.1, -0.05) is 12.1 Å². The molecule has 3 nitrogen and oxygen atoms in total. The smallest absolute Gasteiger partial charge is 0.231 e. The maximum atomic E-state index is 9.35. The van der Waals surface area contributed by atoms with Crippen molar-refractivity contribution in [2.45, 2.75) is 0 Å². The van der Waals surface area contributed by atoms with E-state index >= 15 is 0 Å². The van der Waals surface area contributed by atoms with Crippen LogP contribution < -0.4 is 9.47 Å². The second-order valence-electron chi connectivity index (χ2n) is 4.29. The van der Waals surface area contributed by atoms with Crippen molar-refractivity contribution in [3.05, 3.63) is 57.2 Å². The Hall–Kier alpha value is -2.00. The molecule has 2 aromatic carbocycles. The van der Waals surface area contributed by atoms with Gasteiger partial charge >= 0.3 is 0 Å². The largest absolute Gasteiger partial charge is 0.454 e. The lowest BCUT2D eigenvalue weighted by Gasteiger charge is -2.02. The van der Waals surface area contributed by atoms with E-state index in [1.807, 2.05) is 48.5 Å². The molecule has 98 valence electrons. The van der Waals surface area contributed by atoms with Gasteiger partial charge < -0.3 is 9.47 Å². The molecule has 0 aliphatic carbocycles. The standard InChI is InChI=1S/C16H10INO2/c17-14-4-1-11(2-5-14)7-13(9-18)12-3-6-15-16(8-12)20-10-19-15/h1-8H,10H2/b13-7-. The third-order valence-corrected chi connectivity index (χ3v) is 3.70. The molecule has 4 heteroatoms. The van der Waals surface area contributed by atoms with E-state index in [0.29, 0.717) is 11.3 Å². The van der Waals surface area contributed by atoms with E-state index in [-0.39, 0.29) is 6.79 Å². The maximum absolute atomic E-state index is 9.35. The molecule has 1 heterocycles. The topological polar surface area (TPSA) is 42.2 Å². The lowest BCUT2D eigenvalue weighted by atomic mass is 10.0. The van der Waals surface area contributed by atoms with Crippen molar-refractivity contribution in [1.29, 1.82) is 5.26 Å². The minimum Gasteiger partial charge on any atom is -0.454 e. The third-order valence-electron chi connectivity index (χ3n) is 2.99. The zero-order valence-corrected chi connectivity index (χ0v) is 12.6. The molecule has 0 spiro atoms. The van der Waals surface area contributed by atoms with Crippen LogP contribution in [0.3, 0.4) is 0 Å². The van der Waals surface area contributed by atoms with Gasteiger partial charge in [-0.15, -0.1) is 0 Å². The van der Waals surface area contributed by atoms with E-state index in [0.717, 1.165) is 16.9 Å². The molecule has 3 rings (SSSR count). The Bertz CT molecular complexity index is 714. The number of rotatable bonds is 2. The van der Waals surface area contributed by atoms with Gasteiger partial charge in [0, 0.05) is 3.57 Å². The summed E-state index contributed by atoms with van der Waals surface area (Å²) in [6, 6.07) is 15.8. The molecule has 0 saturated carbocycles. The first-order chi connectivity index (χ1) is 9.76. The predicted octanol–water partition coefficient (Wildman–Crippen LogP) is 4.08. The fraction of sp³-hybridized carbons (Fsp3) is 0.0625. The highest BCUT2D eigenvalue weighted by Crippen LogP contribution is 2.34. The molecule has 1 aliphatic rings. The lowest BCUT2D eigenvalue weighted by Crippen LogP contribution is -1.92. The molecular formula is C16H10INO2. The average Bonchev–Trinajstić information content (AvgIpc) is 2.94. The number of nitriles is 1. The Morgan fingerprint density at radius 2 is 1.85 bits per heavy atom. The van der Waals surface area contributed by atoms with Crippen molar-refractivity contribution in [2.24, 2.45) is 0 Å². The van der Waals surface area contributed by atoms with Crippen LogP contribution in [0.2, 0.25) is 0 Å². The summed E-state index contributed by atoms with van der Waals surface area (Å²) in [5.41, 5.74) is 2.43. The normalized spacial score (nSPS) is 13.1. The summed E-state index contributed by atoms with van der Waals surface area (Å²) in [5.74, 6) is 1.41. The molecule has 20 heavy (non-hydrogen) atoms. The zero-order chi connectivity index (χ0) is 13.9. The first-order valence-corrected chi connectivity index (χ1v) is 7.11. The number of ether oxygens (including phenoxy) is 2. The summed E-state index contributed by atoms with van der Waals surface area (Å²) >= 11 is 2.25. The molecule has 0 fully saturated rings. The molecule has 1 aliphatic heterocycles. The summed E-state index contributed by atoms with van der Waals surface area (Å²) in [5, 5.41) is 9.35. The number of benzene rings is 2. The molecule has 0 N–H and O–H groups in total. The van der Waals surface area contributed by atoms with Gasteiger partial charge in [-0.25, -0.2) is 0 Å². The molecule has 0 aromatic heterocycles. The van der Waals surface area contributed by atoms with Gasteiger partial charge in [0.1, 0.15) is 0 Å². The van der Waals surface area contributed by atoms with Crippen LogP contribution in [0.5, 0.6) is 11.5 Å².